The topological polar surface area (TPSA) is 34.4 Å². The number of rotatable bonds is 6. The Kier molecular flexibility index (Phi) is 5.06. The van der Waals surface area contributed by atoms with E-state index in [4.69, 9.17) is 9.47 Å². The van der Waals surface area contributed by atoms with Gasteiger partial charge in [0, 0.05) is 24.0 Å². The zero-order valence-corrected chi connectivity index (χ0v) is 14.7. The van der Waals surface area contributed by atoms with E-state index in [0.29, 0.717) is 13.2 Å². The van der Waals surface area contributed by atoms with Crippen LogP contribution in [0.5, 0.6) is 0 Å². The van der Waals surface area contributed by atoms with E-state index in [0.717, 1.165) is 18.7 Å². The van der Waals surface area contributed by atoms with Gasteiger partial charge in [-0.25, -0.2) is 0 Å². The second-order valence-corrected chi connectivity index (χ2v) is 6.93. The van der Waals surface area contributed by atoms with Crippen LogP contribution in [0.1, 0.15) is 11.4 Å². The van der Waals surface area contributed by atoms with Crippen molar-refractivity contribution in [1.29, 1.82) is 0 Å². The van der Waals surface area contributed by atoms with Gasteiger partial charge in [0.1, 0.15) is 4.70 Å². The highest BCUT2D eigenvalue weighted by molar-refractivity contribution is 7.18. The summed E-state index contributed by atoms with van der Waals surface area (Å²) in [5.74, 6) is 0. The van der Waals surface area contributed by atoms with Crippen LogP contribution in [0.4, 0.5) is 5.69 Å². The molecule has 5 heteroatoms. The first kappa shape index (κ1) is 16.3. The van der Waals surface area contributed by atoms with Crippen LogP contribution < -0.4 is 9.88 Å². The Balaban J connectivity index is 1.55. The number of thiazole rings is 1. The molecule has 0 atom stereocenters. The SMILES string of the molecule is C(=C\c1sc2ccccc2[n+]1CCC1OCCO1)/Nc1ccccc1. The van der Waals surface area contributed by atoms with Crippen molar-refractivity contribution in [3.8, 4) is 0 Å². The van der Waals surface area contributed by atoms with Crippen LogP contribution in [0, 0.1) is 0 Å². The van der Waals surface area contributed by atoms with Crippen LogP contribution in [0.15, 0.2) is 60.8 Å². The first-order valence-corrected chi connectivity index (χ1v) is 9.34. The fraction of sp³-hybridized carbons (Fsp3) is 0.250. The summed E-state index contributed by atoms with van der Waals surface area (Å²) in [4.78, 5) is 0. The molecule has 1 N–H and O–H groups in total. The molecule has 2 aromatic carbocycles. The second kappa shape index (κ2) is 7.78. The standard InChI is InChI=1S/C20H20N2O2S/c1-2-6-16(7-3-1)21-12-10-19-22(13-11-20-23-14-15-24-20)17-8-4-5-9-18(17)25-19/h1-10,12,20H,11,13-15H2/p+1. The van der Waals surface area contributed by atoms with E-state index in [-0.39, 0.29) is 6.29 Å². The third-order valence-corrected chi connectivity index (χ3v) is 5.30. The number of aryl methyl sites for hydroxylation is 1. The summed E-state index contributed by atoms with van der Waals surface area (Å²) in [6.07, 6.45) is 4.91. The zero-order chi connectivity index (χ0) is 16.9. The minimum atomic E-state index is -0.0783. The molecule has 0 saturated carbocycles. The van der Waals surface area contributed by atoms with Crippen molar-refractivity contribution in [1.82, 2.24) is 0 Å². The second-order valence-electron chi connectivity index (χ2n) is 5.86. The molecule has 1 aliphatic heterocycles. The van der Waals surface area contributed by atoms with E-state index in [9.17, 15) is 0 Å². The van der Waals surface area contributed by atoms with Gasteiger partial charge >= 0.3 is 0 Å². The lowest BCUT2D eigenvalue weighted by atomic mass is 10.3. The van der Waals surface area contributed by atoms with Gasteiger partial charge in [0.25, 0.3) is 5.01 Å². The third kappa shape index (κ3) is 3.90. The first-order chi connectivity index (χ1) is 12.4. The normalized spacial score (nSPS) is 15.4. The van der Waals surface area contributed by atoms with Crippen LogP contribution in [-0.2, 0) is 16.0 Å². The van der Waals surface area contributed by atoms with Gasteiger partial charge in [-0.2, -0.15) is 4.57 Å². The van der Waals surface area contributed by atoms with Crippen LogP contribution in [-0.4, -0.2) is 19.5 Å². The molecule has 0 radical (unpaired) electrons. The molecule has 1 aliphatic rings. The van der Waals surface area contributed by atoms with E-state index in [1.165, 1.54) is 15.2 Å². The maximum Gasteiger partial charge on any atom is 0.264 e. The highest BCUT2D eigenvalue weighted by Gasteiger charge is 2.22. The van der Waals surface area contributed by atoms with Crippen molar-refractivity contribution in [2.45, 2.75) is 19.3 Å². The molecule has 1 fully saturated rings. The van der Waals surface area contributed by atoms with Gasteiger partial charge in [-0.15, -0.1) is 0 Å². The smallest absolute Gasteiger partial charge is 0.264 e. The number of aromatic nitrogens is 1. The number of hydrogen-bond donors (Lipinski definition) is 1. The highest BCUT2D eigenvalue weighted by atomic mass is 32.1. The van der Waals surface area contributed by atoms with E-state index >= 15 is 0 Å². The van der Waals surface area contributed by atoms with E-state index in [1.807, 2.05) is 24.4 Å². The Morgan fingerprint density at radius 1 is 1.04 bits per heavy atom. The molecule has 25 heavy (non-hydrogen) atoms. The average molecular weight is 353 g/mol. The van der Waals surface area contributed by atoms with Crippen LogP contribution in [0.3, 0.4) is 0 Å². The molecular weight excluding hydrogens is 332 g/mol. The number of nitrogens with one attached hydrogen (secondary N) is 1. The maximum atomic E-state index is 5.58. The van der Waals surface area contributed by atoms with E-state index in [1.54, 1.807) is 11.3 Å². The fourth-order valence-electron chi connectivity index (χ4n) is 2.96. The summed E-state index contributed by atoms with van der Waals surface area (Å²) >= 11 is 1.80. The molecular formula is C20H21N2O2S+. The van der Waals surface area contributed by atoms with Gasteiger partial charge in [0.05, 0.1) is 19.6 Å². The predicted molar refractivity (Wildman–Crippen MR) is 101 cm³/mol. The Bertz CT molecular complexity index is 855. The molecule has 0 spiro atoms. The van der Waals surface area contributed by atoms with Crippen LogP contribution in [0.25, 0.3) is 16.3 Å². The lowest BCUT2D eigenvalue weighted by molar-refractivity contribution is -0.670. The quantitative estimate of drug-likeness (QED) is 0.679. The van der Waals surface area contributed by atoms with Gasteiger partial charge in [-0.3, -0.25) is 0 Å². The number of hydrogen-bond acceptors (Lipinski definition) is 4. The molecule has 4 nitrogen and oxygen atoms in total. The van der Waals surface area contributed by atoms with E-state index < -0.39 is 0 Å². The lowest BCUT2D eigenvalue weighted by Crippen LogP contribution is -2.37. The summed E-state index contributed by atoms with van der Waals surface area (Å²) in [7, 11) is 0. The number of anilines is 1. The summed E-state index contributed by atoms with van der Waals surface area (Å²) < 4.78 is 14.8. The molecule has 1 saturated heterocycles. The third-order valence-electron chi connectivity index (χ3n) is 4.17. The van der Waals surface area contributed by atoms with Gasteiger partial charge in [0.2, 0.25) is 5.52 Å². The van der Waals surface area contributed by atoms with Gasteiger partial charge < -0.3 is 14.8 Å². The van der Waals surface area contributed by atoms with Crippen LogP contribution in [0.2, 0.25) is 0 Å². The Morgan fingerprint density at radius 2 is 1.80 bits per heavy atom. The number of benzene rings is 2. The molecule has 1 aromatic heterocycles. The predicted octanol–water partition coefficient (Wildman–Crippen LogP) is 4.03. The molecule has 128 valence electrons. The molecule has 0 bridgehead atoms. The number of fused-ring (bicyclic) bond motifs is 1. The summed E-state index contributed by atoms with van der Waals surface area (Å²) in [5, 5.41) is 4.54. The zero-order valence-electron chi connectivity index (χ0n) is 13.9. The molecule has 0 unspecified atom stereocenters. The number of para-hydroxylation sites is 2. The summed E-state index contributed by atoms with van der Waals surface area (Å²) in [6, 6.07) is 18.7. The molecule has 0 amide bonds. The van der Waals surface area contributed by atoms with Crippen molar-refractivity contribution in [2.24, 2.45) is 0 Å². The largest absolute Gasteiger partial charge is 0.361 e. The molecule has 4 rings (SSSR count). The van der Waals surface area contributed by atoms with Gasteiger partial charge in [-0.1, -0.05) is 41.7 Å². The lowest BCUT2D eigenvalue weighted by Gasteiger charge is -2.06. The van der Waals surface area contributed by atoms with Gasteiger partial charge in [-0.05, 0) is 18.2 Å². The fourth-order valence-corrected chi connectivity index (χ4v) is 4.05. The summed E-state index contributed by atoms with van der Waals surface area (Å²) in [5.41, 5.74) is 2.34. The van der Waals surface area contributed by atoms with Crippen molar-refractivity contribution in [3.63, 3.8) is 0 Å². The highest BCUT2D eigenvalue weighted by Crippen LogP contribution is 2.22. The average Bonchev–Trinajstić information content (AvgIpc) is 3.28. The Labute approximate surface area is 151 Å². The Hall–Kier alpha value is -2.21. The number of ether oxygens (including phenoxy) is 2. The van der Waals surface area contributed by atoms with Crippen molar-refractivity contribution in [3.05, 3.63) is 65.8 Å². The minimum absolute atomic E-state index is 0.0783. The van der Waals surface area contributed by atoms with Crippen LogP contribution >= 0.6 is 11.3 Å². The molecule has 0 aliphatic carbocycles. The Morgan fingerprint density at radius 3 is 2.64 bits per heavy atom. The monoisotopic (exact) mass is 353 g/mol. The number of nitrogens with zero attached hydrogens (tertiary/aromatic N) is 1. The van der Waals surface area contributed by atoms with E-state index in [2.05, 4.69) is 52.4 Å². The van der Waals surface area contributed by atoms with Crippen molar-refractivity contribution in [2.75, 3.05) is 18.5 Å². The molecule has 2 heterocycles. The van der Waals surface area contributed by atoms with Crippen molar-refractivity contribution < 1.29 is 14.0 Å². The minimum Gasteiger partial charge on any atom is -0.361 e. The summed E-state index contributed by atoms with van der Waals surface area (Å²) in [6.45, 7) is 2.28. The maximum absolute atomic E-state index is 5.58. The van der Waals surface area contributed by atoms with Crippen molar-refractivity contribution >= 4 is 33.3 Å². The van der Waals surface area contributed by atoms with Gasteiger partial charge in [0.15, 0.2) is 12.8 Å². The first-order valence-electron chi connectivity index (χ1n) is 8.53. The molecule has 3 aromatic rings.